The van der Waals surface area contributed by atoms with Crippen molar-refractivity contribution < 1.29 is 15.0 Å². The summed E-state index contributed by atoms with van der Waals surface area (Å²) in [4.78, 5) is 15.0. The van der Waals surface area contributed by atoms with Crippen molar-refractivity contribution in [3.05, 3.63) is 51.7 Å². The number of unbranched alkanes of at least 4 members (excludes halogenated alkanes) is 2. The molecule has 4 nitrogen and oxygen atoms in total. The van der Waals surface area contributed by atoms with Crippen molar-refractivity contribution in [2.45, 2.75) is 75.8 Å². The lowest BCUT2D eigenvalue weighted by Crippen LogP contribution is -2.33. The largest absolute Gasteiger partial charge is 0.477 e. The molecule has 2 N–H and O–H groups in total. The van der Waals surface area contributed by atoms with Crippen molar-refractivity contribution in [1.29, 1.82) is 0 Å². The van der Waals surface area contributed by atoms with Gasteiger partial charge < -0.3 is 15.1 Å². The maximum atomic E-state index is 11.0. The number of nitrogens with zero attached hydrogens (tertiary/aromatic N) is 1. The van der Waals surface area contributed by atoms with Crippen molar-refractivity contribution in [3.8, 4) is 0 Å². The number of aryl methyl sites for hydroxylation is 1. The number of carboxylic acid groups (broad SMARTS) is 1. The molecule has 1 aromatic heterocycles. The Morgan fingerprint density at radius 2 is 1.97 bits per heavy atom. The smallest absolute Gasteiger partial charge is 0.345 e. The molecule has 1 saturated heterocycles. The van der Waals surface area contributed by atoms with Gasteiger partial charge in [-0.15, -0.1) is 22.9 Å². The van der Waals surface area contributed by atoms with Crippen LogP contribution in [0.25, 0.3) is 0 Å². The van der Waals surface area contributed by atoms with E-state index < -0.39 is 5.97 Å². The van der Waals surface area contributed by atoms with E-state index >= 15 is 0 Å². The highest BCUT2D eigenvalue weighted by atomic mass is 35.5. The maximum absolute atomic E-state index is 11.0. The van der Waals surface area contributed by atoms with Gasteiger partial charge in [0.15, 0.2) is 0 Å². The van der Waals surface area contributed by atoms with Crippen LogP contribution in [0, 0.1) is 0 Å². The molecular weight excluding hydrogens is 418 g/mol. The van der Waals surface area contributed by atoms with Crippen molar-refractivity contribution in [1.82, 2.24) is 0 Å². The Morgan fingerprint density at radius 3 is 2.63 bits per heavy atom. The molecule has 164 valence electrons. The molecular formula is C24H32ClNO3S. The molecule has 2 heterocycles. The molecule has 3 atom stereocenters. The van der Waals surface area contributed by atoms with E-state index in [1.54, 1.807) is 6.07 Å². The number of alkyl halides is 1. The van der Waals surface area contributed by atoms with Crippen LogP contribution in [0.5, 0.6) is 0 Å². The van der Waals surface area contributed by atoms with Crippen LogP contribution in [0.3, 0.4) is 0 Å². The number of rotatable bonds is 11. The van der Waals surface area contributed by atoms with Crippen LogP contribution in [0.1, 0.15) is 78.1 Å². The summed E-state index contributed by atoms with van der Waals surface area (Å²) >= 11 is 8.01. The van der Waals surface area contributed by atoms with Gasteiger partial charge in [0.2, 0.25) is 0 Å². The summed E-state index contributed by atoms with van der Waals surface area (Å²) in [5, 5.41) is 19.6. The lowest BCUT2D eigenvalue weighted by atomic mass is 10.0. The van der Waals surface area contributed by atoms with Crippen LogP contribution in [0.2, 0.25) is 0 Å². The normalized spacial score (nSPS) is 19.9. The van der Waals surface area contributed by atoms with Crippen LogP contribution in [-0.2, 0) is 6.42 Å². The van der Waals surface area contributed by atoms with Gasteiger partial charge >= 0.3 is 5.97 Å². The summed E-state index contributed by atoms with van der Waals surface area (Å²) in [7, 11) is 0. The number of carbonyl (C=O) groups is 1. The zero-order chi connectivity index (χ0) is 21.5. The first-order chi connectivity index (χ1) is 14.5. The summed E-state index contributed by atoms with van der Waals surface area (Å²) in [6.45, 7) is 3.12. The summed E-state index contributed by atoms with van der Waals surface area (Å²) in [6, 6.07) is 12.2. The minimum Gasteiger partial charge on any atom is -0.477 e. The van der Waals surface area contributed by atoms with Gasteiger partial charge in [-0.2, -0.15) is 0 Å². The van der Waals surface area contributed by atoms with E-state index in [4.69, 9.17) is 16.7 Å². The average molecular weight is 450 g/mol. The molecule has 2 aromatic rings. The Balaban J connectivity index is 1.55. The molecule has 0 aliphatic carbocycles. The highest BCUT2D eigenvalue weighted by molar-refractivity contribution is 7.13. The van der Waals surface area contributed by atoms with Gasteiger partial charge in [0, 0.05) is 23.2 Å². The number of hydrogen-bond acceptors (Lipinski definition) is 4. The molecule has 0 radical (unpaired) electrons. The maximum Gasteiger partial charge on any atom is 0.345 e. The number of hydrogen-bond donors (Lipinski definition) is 2. The molecule has 0 spiro atoms. The first kappa shape index (κ1) is 23.1. The topological polar surface area (TPSA) is 60.8 Å². The SMILES string of the molecule is CCCCC[C@@H](O)c1ccc(N2CCC(Cl)[C@@H]2CCCc2ccc(C(=O)O)s2)cc1. The Hall–Kier alpha value is -1.56. The first-order valence-electron chi connectivity index (χ1n) is 11.0. The molecule has 1 unspecified atom stereocenters. The molecule has 0 amide bonds. The number of halogens is 1. The third kappa shape index (κ3) is 5.99. The lowest BCUT2D eigenvalue weighted by molar-refractivity contribution is 0.0702. The van der Waals surface area contributed by atoms with E-state index in [1.807, 2.05) is 18.2 Å². The van der Waals surface area contributed by atoms with Crippen molar-refractivity contribution >= 4 is 34.6 Å². The molecule has 1 fully saturated rings. The number of benzene rings is 1. The lowest BCUT2D eigenvalue weighted by Gasteiger charge is -2.28. The molecule has 0 saturated carbocycles. The number of aromatic carboxylic acids is 1. The minimum absolute atomic E-state index is 0.127. The Labute approximate surface area is 188 Å². The molecule has 30 heavy (non-hydrogen) atoms. The summed E-state index contributed by atoms with van der Waals surface area (Å²) < 4.78 is 0. The number of carboxylic acids is 1. The molecule has 1 aliphatic heterocycles. The standard InChI is InChI=1S/C24H32ClNO3S/c1-2-3-4-8-22(27)17-9-11-18(12-10-17)26-16-15-20(25)21(26)7-5-6-19-13-14-23(30-19)24(28)29/h9-14,20-22,27H,2-8,15-16H2,1H3,(H,28,29)/t20?,21-,22+/m0/s1. The fourth-order valence-electron chi connectivity index (χ4n) is 4.23. The van der Waals surface area contributed by atoms with Gasteiger partial charge in [-0.3, -0.25) is 0 Å². The van der Waals surface area contributed by atoms with Crippen LogP contribution in [0.4, 0.5) is 5.69 Å². The third-order valence-electron chi connectivity index (χ3n) is 5.95. The van der Waals surface area contributed by atoms with Crippen LogP contribution < -0.4 is 4.90 Å². The van der Waals surface area contributed by atoms with E-state index in [-0.39, 0.29) is 17.5 Å². The highest BCUT2D eigenvalue weighted by Gasteiger charge is 2.32. The highest BCUT2D eigenvalue weighted by Crippen LogP contribution is 2.33. The zero-order valence-electron chi connectivity index (χ0n) is 17.6. The summed E-state index contributed by atoms with van der Waals surface area (Å²) in [5.74, 6) is -0.854. The molecule has 3 rings (SSSR count). The Bertz CT molecular complexity index is 807. The average Bonchev–Trinajstić information content (AvgIpc) is 3.36. The fraction of sp³-hybridized carbons (Fsp3) is 0.542. The quantitative estimate of drug-likeness (QED) is 0.313. The molecule has 1 aromatic carbocycles. The predicted molar refractivity (Wildman–Crippen MR) is 125 cm³/mol. The van der Waals surface area contributed by atoms with Crippen molar-refractivity contribution in [3.63, 3.8) is 0 Å². The second-order valence-corrected chi connectivity index (χ2v) is 9.86. The number of aliphatic hydroxyl groups is 1. The second-order valence-electron chi connectivity index (χ2n) is 8.13. The van der Waals surface area contributed by atoms with Crippen molar-refractivity contribution in [2.24, 2.45) is 0 Å². The monoisotopic (exact) mass is 449 g/mol. The Kier molecular flexibility index (Phi) is 8.61. The van der Waals surface area contributed by atoms with Gasteiger partial charge in [0.25, 0.3) is 0 Å². The van der Waals surface area contributed by atoms with Crippen LogP contribution in [-0.4, -0.2) is 34.1 Å². The van der Waals surface area contributed by atoms with Gasteiger partial charge in [0.05, 0.1) is 11.5 Å². The van der Waals surface area contributed by atoms with Gasteiger partial charge in [-0.05, 0) is 61.9 Å². The molecule has 6 heteroatoms. The van der Waals surface area contributed by atoms with Crippen LogP contribution in [0.15, 0.2) is 36.4 Å². The van der Waals surface area contributed by atoms with E-state index in [0.717, 1.165) is 74.0 Å². The van der Waals surface area contributed by atoms with Gasteiger partial charge in [-0.25, -0.2) is 4.79 Å². The summed E-state index contributed by atoms with van der Waals surface area (Å²) in [6.07, 6.45) is 7.62. The number of thiophene rings is 1. The number of aliphatic hydroxyl groups excluding tert-OH is 1. The predicted octanol–water partition coefficient (Wildman–Crippen LogP) is 6.27. The van der Waals surface area contributed by atoms with E-state index in [9.17, 15) is 9.90 Å². The molecule has 0 bridgehead atoms. The minimum atomic E-state index is -0.854. The van der Waals surface area contributed by atoms with Crippen molar-refractivity contribution in [2.75, 3.05) is 11.4 Å². The Morgan fingerprint density at radius 1 is 1.20 bits per heavy atom. The van der Waals surface area contributed by atoms with E-state index in [2.05, 4.69) is 24.0 Å². The van der Waals surface area contributed by atoms with Gasteiger partial charge in [0.1, 0.15) is 4.88 Å². The second kappa shape index (κ2) is 11.2. The molecule has 1 aliphatic rings. The first-order valence-corrected chi connectivity index (χ1v) is 12.3. The van der Waals surface area contributed by atoms with Crippen LogP contribution >= 0.6 is 22.9 Å². The van der Waals surface area contributed by atoms with E-state index in [0.29, 0.717) is 4.88 Å². The fourth-order valence-corrected chi connectivity index (χ4v) is 5.48. The zero-order valence-corrected chi connectivity index (χ0v) is 19.2. The van der Waals surface area contributed by atoms with E-state index in [1.165, 1.54) is 11.3 Å². The number of anilines is 1. The third-order valence-corrected chi connectivity index (χ3v) is 7.59. The van der Waals surface area contributed by atoms with Gasteiger partial charge in [-0.1, -0.05) is 38.3 Å². The summed E-state index contributed by atoms with van der Waals surface area (Å²) in [5.41, 5.74) is 2.15.